The van der Waals surface area contributed by atoms with E-state index in [0.717, 1.165) is 15.4 Å². The maximum absolute atomic E-state index is 13.5. The summed E-state index contributed by atoms with van der Waals surface area (Å²) in [5.74, 6) is -1.40. The van der Waals surface area contributed by atoms with E-state index in [4.69, 9.17) is 17.3 Å². The molecule has 0 radical (unpaired) electrons. The van der Waals surface area contributed by atoms with Crippen LogP contribution in [0.1, 0.15) is 22.8 Å². The molecule has 218 valence electrons. The maximum atomic E-state index is 13.5. The first kappa shape index (κ1) is 29.8. The summed E-state index contributed by atoms with van der Waals surface area (Å²) in [5.41, 5.74) is 3.31. The lowest BCUT2D eigenvalue weighted by atomic mass is 10.0. The number of nitrogens with zero attached hydrogens (tertiary/aromatic N) is 6. The predicted octanol–water partition coefficient (Wildman–Crippen LogP) is 3.02. The van der Waals surface area contributed by atoms with Gasteiger partial charge in [0.25, 0.3) is 0 Å². The van der Waals surface area contributed by atoms with E-state index in [9.17, 15) is 41.0 Å². The van der Waals surface area contributed by atoms with Crippen LogP contribution < -0.4 is 11.4 Å². The number of alkyl halides is 6. The fourth-order valence-electron chi connectivity index (χ4n) is 3.95. The molecule has 1 amide bonds. The van der Waals surface area contributed by atoms with E-state index in [1.807, 2.05) is 0 Å². The lowest BCUT2D eigenvalue weighted by Crippen LogP contribution is -2.37. The number of aliphatic hydroxyl groups is 1. The van der Waals surface area contributed by atoms with E-state index >= 15 is 0 Å². The quantitative estimate of drug-likeness (QED) is 0.283. The Morgan fingerprint density at radius 2 is 1.66 bits per heavy atom. The number of primary amides is 1. The second-order valence-corrected chi connectivity index (χ2v) is 9.28. The zero-order valence-electron chi connectivity index (χ0n) is 20.7. The standard InChI is InChI=1S/C24H20ClF6N7O3/c25-15-7-5-13(6-8-15)21-35-38(22(41)36(21)10-17(39)24(29,30)31)12-20-33-19(34-37(20)11-18(32)40)9-14-3-1-2-4-16(14)23(26,27)28/h1-8,17,39H,9-12H2,(H2,32,40). The van der Waals surface area contributed by atoms with Gasteiger partial charge in [-0.3, -0.25) is 9.36 Å². The highest BCUT2D eigenvalue weighted by Crippen LogP contribution is 2.32. The normalized spacial score (nSPS) is 13.0. The van der Waals surface area contributed by atoms with Crippen LogP contribution in [0.4, 0.5) is 26.3 Å². The van der Waals surface area contributed by atoms with Crippen LogP contribution in [0.3, 0.4) is 0 Å². The smallest absolute Gasteiger partial charge is 0.382 e. The fourth-order valence-corrected chi connectivity index (χ4v) is 4.07. The second-order valence-electron chi connectivity index (χ2n) is 8.84. The molecule has 2 aromatic heterocycles. The fraction of sp³-hybridized carbons (Fsp3) is 0.292. The van der Waals surface area contributed by atoms with Gasteiger partial charge in [0.1, 0.15) is 18.9 Å². The van der Waals surface area contributed by atoms with Crippen LogP contribution in [-0.4, -0.2) is 52.4 Å². The molecule has 4 aromatic rings. The highest BCUT2D eigenvalue weighted by atomic mass is 35.5. The van der Waals surface area contributed by atoms with Crippen LogP contribution in [0.25, 0.3) is 11.4 Å². The first-order valence-electron chi connectivity index (χ1n) is 11.7. The highest BCUT2D eigenvalue weighted by Gasteiger charge is 2.39. The Bertz CT molecular complexity index is 1610. The molecule has 0 aliphatic heterocycles. The number of hydrogen-bond donors (Lipinski definition) is 2. The number of aliphatic hydroxyl groups excluding tert-OH is 1. The zero-order valence-corrected chi connectivity index (χ0v) is 21.5. The zero-order chi connectivity index (χ0) is 30.1. The number of benzene rings is 2. The highest BCUT2D eigenvalue weighted by molar-refractivity contribution is 6.30. The first-order chi connectivity index (χ1) is 19.1. The van der Waals surface area contributed by atoms with Crippen molar-refractivity contribution in [3.63, 3.8) is 0 Å². The minimum absolute atomic E-state index is 0.130. The Morgan fingerprint density at radius 3 is 2.27 bits per heavy atom. The summed E-state index contributed by atoms with van der Waals surface area (Å²) in [6, 6.07) is 10.4. The van der Waals surface area contributed by atoms with Crippen LogP contribution >= 0.6 is 11.6 Å². The third-order valence-electron chi connectivity index (χ3n) is 5.82. The summed E-state index contributed by atoms with van der Waals surface area (Å²) >= 11 is 5.88. The average molecular weight is 604 g/mol. The Kier molecular flexibility index (Phi) is 8.26. The number of hydrogen-bond acceptors (Lipinski definition) is 6. The summed E-state index contributed by atoms with van der Waals surface area (Å²) < 4.78 is 82.0. The molecule has 0 aliphatic carbocycles. The van der Waals surface area contributed by atoms with Gasteiger partial charge in [0.05, 0.1) is 12.1 Å². The molecule has 41 heavy (non-hydrogen) atoms. The number of carbonyl (C=O) groups excluding carboxylic acids is 1. The van der Waals surface area contributed by atoms with Gasteiger partial charge < -0.3 is 10.8 Å². The molecule has 10 nitrogen and oxygen atoms in total. The molecule has 2 heterocycles. The molecular formula is C24H20ClF6N7O3. The van der Waals surface area contributed by atoms with Gasteiger partial charge in [0, 0.05) is 17.0 Å². The van der Waals surface area contributed by atoms with Gasteiger partial charge >= 0.3 is 18.0 Å². The maximum Gasteiger partial charge on any atom is 0.416 e. The summed E-state index contributed by atoms with van der Waals surface area (Å²) in [7, 11) is 0. The summed E-state index contributed by atoms with van der Waals surface area (Å²) in [6.07, 6.45) is -13.0. The van der Waals surface area contributed by atoms with Gasteiger partial charge in [-0.05, 0) is 35.9 Å². The van der Waals surface area contributed by atoms with Crippen molar-refractivity contribution in [2.24, 2.45) is 5.73 Å². The number of amides is 1. The van der Waals surface area contributed by atoms with Gasteiger partial charge in [0.2, 0.25) is 5.91 Å². The molecule has 4 rings (SSSR count). The first-order valence-corrected chi connectivity index (χ1v) is 12.1. The Hall–Kier alpha value is -4.18. The number of carbonyl (C=O) groups is 1. The number of aromatic nitrogens is 6. The largest absolute Gasteiger partial charge is 0.416 e. The summed E-state index contributed by atoms with van der Waals surface area (Å²) in [4.78, 5) is 29.0. The van der Waals surface area contributed by atoms with E-state index in [-0.39, 0.29) is 28.6 Å². The second kappa shape index (κ2) is 11.4. The van der Waals surface area contributed by atoms with Crippen molar-refractivity contribution in [1.82, 2.24) is 29.1 Å². The monoisotopic (exact) mass is 603 g/mol. The number of halogens is 7. The molecule has 0 spiro atoms. The predicted molar refractivity (Wildman–Crippen MR) is 132 cm³/mol. The SMILES string of the molecule is NC(=O)Cn1nc(Cc2ccccc2C(F)(F)F)nc1Cn1nc(-c2ccc(Cl)cc2)n(CC(O)C(F)(F)F)c1=O. The van der Waals surface area contributed by atoms with Crippen molar-refractivity contribution in [3.8, 4) is 11.4 Å². The lowest BCUT2D eigenvalue weighted by molar-refractivity contribution is -0.207. The van der Waals surface area contributed by atoms with Crippen molar-refractivity contribution in [3.05, 3.63) is 86.8 Å². The molecule has 3 N–H and O–H groups in total. The third kappa shape index (κ3) is 6.94. The third-order valence-corrected chi connectivity index (χ3v) is 6.07. The van der Waals surface area contributed by atoms with E-state index in [1.54, 1.807) is 0 Å². The van der Waals surface area contributed by atoms with Crippen LogP contribution in [0.15, 0.2) is 53.3 Å². The van der Waals surface area contributed by atoms with Crippen LogP contribution in [0, 0.1) is 0 Å². The number of rotatable bonds is 9. The van der Waals surface area contributed by atoms with Crippen molar-refractivity contribution < 1.29 is 36.2 Å². The van der Waals surface area contributed by atoms with E-state index in [2.05, 4.69) is 15.2 Å². The molecule has 2 aromatic carbocycles. The van der Waals surface area contributed by atoms with Gasteiger partial charge in [-0.15, -0.1) is 5.10 Å². The van der Waals surface area contributed by atoms with Gasteiger partial charge in [0.15, 0.2) is 17.8 Å². The van der Waals surface area contributed by atoms with Crippen LogP contribution in [0.5, 0.6) is 0 Å². The Labute approximate surface area is 231 Å². The molecular weight excluding hydrogens is 584 g/mol. The van der Waals surface area contributed by atoms with E-state index in [0.29, 0.717) is 9.59 Å². The topological polar surface area (TPSA) is 134 Å². The summed E-state index contributed by atoms with van der Waals surface area (Å²) in [5, 5.41) is 18.1. The van der Waals surface area contributed by atoms with E-state index in [1.165, 1.54) is 42.5 Å². The average Bonchev–Trinajstić information content (AvgIpc) is 3.38. The van der Waals surface area contributed by atoms with Crippen molar-refractivity contribution in [1.29, 1.82) is 0 Å². The molecule has 0 bridgehead atoms. The Balaban J connectivity index is 1.75. The molecule has 0 aliphatic rings. The van der Waals surface area contributed by atoms with Gasteiger partial charge in [-0.1, -0.05) is 29.8 Å². The lowest BCUT2D eigenvalue weighted by Gasteiger charge is -2.15. The van der Waals surface area contributed by atoms with Crippen LogP contribution in [0.2, 0.25) is 5.02 Å². The molecule has 1 atom stereocenters. The minimum atomic E-state index is -5.04. The van der Waals surface area contributed by atoms with E-state index < -0.39 is 61.7 Å². The molecule has 0 fully saturated rings. The Morgan fingerprint density at radius 1 is 1.00 bits per heavy atom. The molecule has 0 saturated heterocycles. The van der Waals surface area contributed by atoms with Crippen molar-refractivity contribution in [2.75, 3.05) is 0 Å². The van der Waals surface area contributed by atoms with Gasteiger partial charge in [-0.25, -0.2) is 19.1 Å². The van der Waals surface area contributed by atoms with Gasteiger partial charge in [-0.2, -0.15) is 31.4 Å². The van der Waals surface area contributed by atoms with Crippen molar-refractivity contribution in [2.45, 2.75) is 44.5 Å². The van der Waals surface area contributed by atoms with Crippen LogP contribution in [-0.2, 0) is 37.0 Å². The summed E-state index contributed by atoms with van der Waals surface area (Å²) in [6.45, 7) is -2.29. The minimum Gasteiger partial charge on any atom is -0.382 e. The molecule has 17 heteroatoms. The number of nitrogens with two attached hydrogens (primary N) is 1. The van der Waals surface area contributed by atoms with Crippen molar-refractivity contribution >= 4 is 17.5 Å². The molecule has 0 saturated carbocycles. The molecule has 1 unspecified atom stereocenters.